The number of aryl methyl sites for hydroxylation is 1. The van der Waals surface area contributed by atoms with Gasteiger partial charge in [-0.1, -0.05) is 0 Å². The fraction of sp³-hybridized carbons (Fsp3) is 0.500. The van der Waals surface area contributed by atoms with Crippen LogP contribution in [-0.4, -0.2) is 40.3 Å². The van der Waals surface area contributed by atoms with Crippen molar-refractivity contribution in [1.82, 2.24) is 9.88 Å². The number of anilines is 1. The largest absolute Gasteiger partial charge is 0.361 e. The molecule has 1 saturated heterocycles. The Morgan fingerprint density at radius 2 is 2.16 bits per heavy atom. The Morgan fingerprint density at radius 1 is 1.47 bits per heavy atom. The highest BCUT2D eigenvalue weighted by molar-refractivity contribution is 5.80. The van der Waals surface area contributed by atoms with E-state index in [4.69, 9.17) is 0 Å². The lowest BCUT2D eigenvalue weighted by atomic mass is 10.3. The van der Waals surface area contributed by atoms with E-state index < -0.39 is 4.92 Å². The van der Waals surface area contributed by atoms with Crippen LogP contribution in [-0.2, 0) is 4.79 Å². The summed E-state index contributed by atoms with van der Waals surface area (Å²) >= 11 is 0. The van der Waals surface area contributed by atoms with Gasteiger partial charge in [-0.2, -0.15) is 0 Å². The minimum atomic E-state index is -0.471. The molecule has 0 atom stereocenters. The van der Waals surface area contributed by atoms with Crippen LogP contribution in [0.1, 0.15) is 18.5 Å². The van der Waals surface area contributed by atoms with E-state index in [-0.39, 0.29) is 18.1 Å². The van der Waals surface area contributed by atoms with Crippen LogP contribution in [0.25, 0.3) is 0 Å². The molecule has 19 heavy (non-hydrogen) atoms. The Bertz CT molecular complexity index is 498. The zero-order valence-electron chi connectivity index (χ0n) is 10.8. The molecule has 0 radical (unpaired) electrons. The van der Waals surface area contributed by atoms with Crippen molar-refractivity contribution in [2.24, 2.45) is 0 Å². The van der Waals surface area contributed by atoms with E-state index in [1.807, 2.05) is 4.90 Å². The van der Waals surface area contributed by atoms with E-state index >= 15 is 0 Å². The molecule has 0 aromatic carbocycles. The molecule has 7 heteroatoms. The summed E-state index contributed by atoms with van der Waals surface area (Å²) < 4.78 is 0. The van der Waals surface area contributed by atoms with Gasteiger partial charge in [0.05, 0.1) is 11.5 Å². The van der Waals surface area contributed by atoms with Crippen LogP contribution < -0.4 is 5.32 Å². The molecule has 0 saturated carbocycles. The molecule has 0 unspecified atom stereocenters. The molecule has 2 heterocycles. The van der Waals surface area contributed by atoms with E-state index in [9.17, 15) is 14.9 Å². The number of nitrogens with zero attached hydrogens (tertiary/aromatic N) is 3. The van der Waals surface area contributed by atoms with E-state index in [1.54, 1.807) is 6.92 Å². The highest BCUT2D eigenvalue weighted by Crippen LogP contribution is 2.17. The minimum absolute atomic E-state index is 0.0172. The molecule has 0 bridgehead atoms. The molecule has 1 aromatic heterocycles. The summed E-state index contributed by atoms with van der Waals surface area (Å²) in [5, 5.41) is 13.6. The molecular formula is C12H16N4O3. The first-order valence-corrected chi connectivity index (χ1v) is 6.21. The molecule has 1 fully saturated rings. The summed E-state index contributed by atoms with van der Waals surface area (Å²) in [6.07, 6.45) is 2.11. The maximum Gasteiger partial charge on any atom is 0.290 e. The van der Waals surface area contributed by atoms with Crippen molar-refractivity contribution in [2.75, 3.05) is 25.0 Å². The monoisotopic (exact) mass is 264 g/mol. The Labute approximate surface area is 110 Å². The molecule has 0 spiro atoms. The zero-order valence-corrected chi connectivity index (χ0v) is 10.8. The minimum Gasteiger partial charge on any atom is -0.361 e. The van der Waals surface area contributed by atoms with Crippen LogP contribution in [0.15, 0.2) is 12.1 Å². The number of hydrogen-bond donors (Lipinski definition) is 1. The van der Waals surface area contributed by atoms with Crippen molar-refractivity contribution < 1.29 is 9.72 Å². The molecule has 1 aliphatic rings. The standard InChI is InChI=1S/C12H16N4O3/c1-9-10(16(18)19)4-5-11(14-9)13-8-12(17)15-6-2-3-7-15/h4-5H,2-3,6-8H2,1H3,(H,13,14). The number of pyridine rings is 1. The lowest BCUT2D eigenvalue weighted by Gasteiger charge is -2.15. The highest BCUT2D eigenvalue weighted by atomic mass is 16.6. The van der Waals surface area contributed by atoms with E-state index in [0.717, 1.165) is 25.9 Å². The fourth-order valence-corrected chi connectivity index (χ4v) is 2.09. The van der Waals surface area contributed by atoms with Gasteiger partial charge < -0.3 is 10.2 Å². The van der Waals surface area contributed by atoms with Crippen molar-refractivity contribution >= 4 is 17.4 Å². The lowest BCUT2D eigenvalue weighted by molar-refractivity contribution is -0.385. The van der Waals surface area contributed by atoms with Crippen molar-refractivity contribution in [3.8, 4) is 0 Å². The van der Waals surface area contributed by atoms with Crippen molar-refractivity contribution in [2.45, 2.75) is 19.8 Å². The first-order chi connectivity index (χ1) is 9.08. The number of likely N-dealkylation sites (tertiary alicyclic amines) is 1. The van der Waals surface area contributed by atoms with Gasteiger partial charge in [-0.25, -0.2) is 4.98 Å². The van der Waals surface area contributed by atoms with Crippen LogP contribution in [0.5, 0.6) is 0 Å². The summed E-state index contributed by atoms with van der Waals surface area (Å²) in [6.45, 7) is 3.37. The summed E-state index contributed by atoms with van der Waals surface area (Å²) in [4.78, 5) is 27.9. The number of rotatable bonds is 4. The Morgan fingerprint density at radius 3 is 2.74 bits per heavy atom. The lowest BCUT2D eigenvalue weighted by Crippen LogP contribution is -2.33. The predicted molar refractivity (Wildman–Crippen MR) is 69.9 cm³/mol. The smallest absolute Gasteiger partial charge is 0.290 e. The number of amides is 1. The van der Waals surface area contributed by atoms with Crippen LogP contribution in [0.4, 0.5) is 11.5 Å². The zero-order chi connectivity index (χ0) is 13.8. The first-order valence-electron chi connectivity index (χ1n) is 6.21. The number of carbonyl (C=O) groups excluding carboxylic acids is 1. The first kappa shape index (κ1) is 13.3. The third-order valence-corrected chi connectivity index (χ3v) is 3.13. The van der Waals surface area contributed by atoms with E-state index in [0.29, 0.717) is 11.5 Å². The predicted octanol–water partition coefficient (Wildman–Crippen LogP) is 1.33. The fourth-order valence-electron chi connectivity index (χ4n) is 2.09. The average Bonchev–Trinajstić information content (AvgIpc) is 2.89. The molecule has 1 amide bonds. The second kappa shape index (κ2) is 5.64. The summed E-state index contributed by atoms with van der Waals surface area (Å²) in [6, 6.07) is 2.91. The van der Waals surface area contributed by atoms with Gasteiger partial charge >= 0.3 is 0 Å². The Hall–Kier alpha value is -2.18. The maximum absolute atomic E-state index is 11.8. The number of carbonyl (C=O) groups is 1. The summed E-state index contributed by atoms with van der Waals surface area (Å²) in [5.41, 5.74) is 0.319. The number of hydrogen-bond acceptors (Lipinski definition) is 5. The summed E-state index contributed by atoms with van der Waals surface area (Å²) in [7, 11) is 0. The second-order valence-corrected chi connectivity index (χ2v) is 4.50. The summed E-state index contributed by atoms with van der Waals surface area (Å²) in [5.74, 6) is 0.519. The van der Waals surface area contributed by atoms with Crippen LogP contribution in [0.2, 0.25) is 0 Å². The number of nitro groups is 1. The van der Waals surface area contributed by atoms with Gasteiger partial charge in [0.1, 0.15) is 11.5 Å². The molecule has 7 nitrogen and oxygen atoms in total. The van der Waals surface area contributed by atoms with Gasteiger partial charge in [0.15, 0.2) is 0 Å². The topological polar surface area (TPSA) is 88.4 Å². The molecule has 1 N–H and O–H groups in total. The third-order valence-electron chi connectivity index (χ3n) is 3.13. The third kappa shape index (κ3) is 3.18. The van der Waals surface area contributed by atoms with Gasteiger partial charge in [-0.15, -0.1) is 0 Å². The molecule has 1 aromatic rings. The van der Waals surface area contributed by atoms with Gasteiger partial charge in [0.25, 0.3) is 5.69 Å². The molecule has 1 aliphatic heterocycles. The van der Waals surface area contributed by atoms with Crippen molar-refractivity contribution in [3.63, 3.8) is 0 Å². The van der Waals surface area contributed by atoms with Crippen molar-refractivity contribution in [1.29, 1.82) is 0 Å². The maximum atomic E-state index is 11.8. The second-order valence-electron chi connectivity index (χ2n) is 4.50. The Balaban J connectivity index is 1.94. The van der Waals surface area contributed by atoms with E-state index in [2.05, 4.69) is 10.3 Å². The normalized spacial score (nSPS) is 14.5. The average molecular weight is 264 g/mol. The van der Waals surface area contributed by atoms with Crippen LogP contribution >= 0.6 is 0 Å². The van der Waals surface area contributed by atoms with Crippen LogP contribution in [0, 0.1) is 17.0 Å². The van der Waals surface area contributed by atoms with E-state index in [1.165, 1.54) is 12.1 Å². The molecule has 0 aliphatic carbocycles. The number of aromatic nitrogens is 1. The highest BCUT2D eigenvalue weighted by Gasteiger charge is 2.18. The quantitative estimate of drug-likeness (QED) is 0.654. The number of nitrogens with one attached hydrogen (secondary N) is 1. The molecule has 102 valence electrons. The van der Waals surface area contributed by atoms with Gasteiger partial charge in [0.2, 0.25) is 5.91 Å². The molecular weight excluding hydrogens is 248 g/mol. The SMILES string of the molecule is Cc1nc(NCC(=O)N2CCCC2)ccc1[N+](=O)[O-]. The molecule has 2 rings (SSSR count). The Kier molecular flexibility index (Phi) is 3.94. The van der Waals surface area contributed by atoms with Crippen LogP contribution in [0.3, 0.4) is 0 Å². The van der Waals surface area contributed by atoms with Crippen molar-refractivity contribution in [3.05, 3.63) is 27.9 Å². The van der Waals surface area contributed by atoms with Gasteiger partial charge in [-0.3, -0.25) is 14.9 Å². The van der Waals surface area contributed by atoms with Gasteiger partial charge in [0, 0.05) is 19.2 Å². The van der Waals surface area contributed by atoms with Gasteiger partial charge in [-0.05, 0) is 25.8 Å².